The number of nitriles is 1. The monoisotopic (exact) mass is 256 g/mol. The van der Waals surface area contributed by atoms with Gasteiger partial charge in [0.25, 0.3) is 0 Å². The standard InChI is InChI=1S/C16H20N2O/c17-9-10-19-16-8-4-7-15(11-16)13-18-12-14-5-2-1-3-6-14/h1-2,4,7-8,11,14,18H,3,5-6,10,12-13H2. The van der Waals surface area contributed by atoms with Crippen LogP contribution in [-0.2, 0) is 6.54 Å². The van der Waals surface area contributed by atoms with Crippen LogP contribution in [0.4, 0.5) is 0 Å². The lowest BCUT2D eigenvalue weighted by Crippen LogP contribution is -2.23. The van der Waals surface area contributed by atoms with Gasteiger partial charge in [-0.3, -0.25) is 0 Å². The van der Waals surface area contributed by atoms with E-state index < -0.39 is 0 Å². The molecule has 1 aliphatic rings. The van der Waals surface area contributed by atoms with Crippen molar-refractivity contribution in [1.29, 1.82) is 5.26 Å². The lowest BCUT2D eigenvalue weighted by Gasteiger charge is -2.18. The van der Waals surface area contributed by atoms with Crippen LogP contribution in [0.5, 0.6) is 5.75 Å². The normalized spacial score (nSPS) is 17.9. The molecule has 0 heterocycles. The number of hydrogen-bond acceptors (Lipinski definition) is 3. The van der Waals surface area contributed by atoms with Gasteiger partial charge in [-0.05, 0) is 49.4 Å². The van der Waals surface area contributed by atoms with E-state index in [1.54, 1.807) is 0 Å². The Balaban J connectivity index is 1.76. The van der Waals surface area contributed by atoms with E-state index >= 15 is 0 Å². The summed E-state index contributed by atoms with van der Waals surface area (Å²) in [7, 11) is 0. The fraction of sp³-hybridized carbons (Fsp3) is 0.438. The third kappa shape index (κ3) is 4.76. The van der Waals surface area contributed by atoms with Gasteiger partial charge in [-0.1, -0.05) is 24.3 Å². The molecule has 3 heteroatoms. The minimum atomic E-state index is 0.102. The highest BCUT2D eigenvalue weighted by Gasteiger charge is 2.08. The fourth-order valence-electron chi connectivity index (χ4n) is 2.32. The SMILES string of the molecule is N#CCOc1cccc(CNCC2CC=CCC2)c1. The minimum absolute atomic E-state index is 0.102. The predicted octanol–water partition coefficient (Wildman–Crippen LogP) is 3.03. The highest BCUT2D eigenvalue weighted by Crippen LogP contribution is 2.17. The average molecular weight is 256 g/mol. The Morgan fingerprint density at radius 3 is 3.11 bits per heavy atom. The first-order valence-corrected chi connectivity index (χ1v) is 6.83. The number of benzene rings is 1. The molecule has 0 bridgehead atoms. The fourth-order valence-corrected chi connectivity index (χ4v) is 2.32. The summed E-state index contributed by atoms with van der Waals surface area (Å²) < 4.78 is 5.29. The van der Waals surface area contributed by atoms with E-state index in [0.717, 1.165) is 24.8 Å². The van der Waals surface area contributed by atoms with Crippen LogP contribution in [0.3, 0.4) is 0 Å². The largest absolute Gasteiger partial charge is 0.479 e. The van der Waals surface area contributed by atoms with Crippen LogP contribution in [0, 0.1) is 17.2 Å². The topological polar surface area (TPSA) is 45.0 Å². The second kappa shape index (κ2) is 7.60. The van der Waals surface area contributed by atoms with E-state index in [1.807, 2.05) is 24.3 Å². The van der Waals surface area contributed by atoms with Gasteiger partial charge in [0.1, 0.15) is 11.8 Å². The first-order valence-electron chi connectivity index (χ1n) is 6.83. The molecule has 1 atom stereocenters. The molecule has 1 aromatic carbocycles. The number of rotatable bonds is 6. The molecule has 0 amide bonds. The van der Waals surface area contributed by atoms with Crippen LogP contribution in [-0.4, -0.2) is 13.2 Å². The second-order valence-electron chi connectivity index (χ2n) is 4.88. The van der Waals surface area contributed by atoms with E-state index in [4.69, 9.17) is 10.00 Å². The van der Waals surface area contributed by atoms with Gasteiger partial charge >= 0.3 is 0 Å². The van der Waals surface area contributed by atoms with Crippen molar-refractivity contribution in [1.82, 2.24) is 5.32 Å². The zero-order valence-corrected chi connectivity index (χ0v) is 11.1. The number of allylic oxidation sites excluding steroid dienone is 2. The van der Waals surface area contributed by atoms with E-state index in [-0.39, 0.29) is 6.61 Å². The summed E-state index contributed by atoms with van der Waals surface area (Å²) in [6, 6.07) is 9.89. The Bertz CT molecular complexity index is 462. The number of nitrogens with one attached hydrogen (secondary N) is 1. The molecule has 0 radical (unpaired) electrons. The second-order valence-corrected chi connectivity index (χ2v) is 4.88. The lowest BCUT2D eigenvalue weighted by atomic mass is 9.94. The van der Waals surface area contributed by atoms with Gasteiger partial charge in [-0.2, -0.15) is 5.26 Å². The molecule has 19 heavy (non-hydrogen) atoms. The van der Waals surface area contributed by atoms with E-state index in [1.165, 1.54) is 24.8 Å². The van der Waals surface area contributed by atoms with Crippen molar-refractivity contribution in [3.63, 3.8) is 0 Å². The van der Waals surface area contributed by atoms with Crippen LogP contribution in [0.2, 0.25) is 0 Å². The van der Waals surface area contributed by atoms with Crippen molar-refractivity contribution in [2.75, 3.05) is 13.2 Å². The quantitative estimate of drug-likeness (QED) is 0.796. The molecule has 100 valence electrons. The van der Waals surface area contributed by atoms with E-state index in [0.29, 0.717) is 0 Å². The smallest absolute Gasteiger partial charge is 0.174 e. The maximum Gasteiger partial charge on any atom is 0.174 e. The zero-order chi connectivity index (χ0) is 13.3. The summed E-state index contributed by atoms with van der Waals surface area (Å²) in [6.45, 7) is 2.02. The molecule has 3 nitrogen and oxygen atoms in total. The maximum absolute atomic E-state index is 8.49. The highest BCUT2D eigenvalue weighted by molar-refractivity contribution is 5.28. The first kappa shape index (κ1) is 13.6. The Hall–Kier alpha value is -1.79. The number of hydrogen-bond donors (Lipinski definition) is 1. The Kier molecular flexibility index (Phi) is 5.46. The van der Waals surface area contributed by atoms with Crippen molar-refractivity contribution in [3.05, 3.63) is 42.0 Å². The van der Waals surface area contributed by atoms with Crippen molar-refractivity contribution in [3.8, 4) is 11.8 Å². The molecule has 0 aromatic heterocycles. The Labute approximate surface area is 114 Å². The third-order valence-electron chi connectivity index (χ3n) is 3.34. The zero-order valence-electron chi connectivity index (χ0n) is 11.1. The average Bonchev–Trinajstić information content (AvgIpc) is 2.47. The van der Waals surface area contributed by atoms with Gasteiger partial charge < -0.3 is 10.1 Å². The van der Waals surface area contributed by atoms with Crippen molar-refractivity contribution in [2.24, 2.45) is 5.92 Å². The maximum atomic E-state index is 8.49. The van der Waals surface area contributed by atoms with Gasteiger partial charge in [-0.25, -0.2) is 0 Å². The lowest BCUT2D eigenvalue weighted by molar-refractivity contribution is 0.367. The highest BCUT2D eigenvalue weighted by atomic mass is 16.5. The molecule has 0 spiro atoms. The van der Waals surface area contributed by atoms with Crippen molar-refractivity contribution < 1.29 is 4.74 Å². The summed E-state index contributed by atoms with van der Waals surface area (Å²) in [6.07, 6.45) is 8.25. The van der Waals surface area contributed by atoms with Crippen molar-refractivity contribution in [2.45, 2.75) is 25.8 Å². The summed E-state index contributed by atoms with van der Waals surface area (Å²) in [5, 5.41) is 12.0. The van der Waals surface area contributed by atoms with Crippen LogP contribution in [0.25, 0.3) is 0 Å². The van der Waals surface area contributed by atoms with E-state index in [2.05, 4.69) is 23.5 Å². The minimum Gasteiger partial charge on any atom is -0.479 e. The molecule has 1 unspecified atom stereocenters. The molecule has 1 aromatic rings. The van der Waals surface area contributed by atoms with Gasteiger partial charge in [-0.15, -0.1) is 0 Å². The molecule has 1 aliphatic carbocycles. The molecule has 0 saturated carbocycles. The summed E-state index contributed by atoms with van der Waals surface area (Å²) in [5.41, 5.74) is 1.20. The Morgan fingerprint density at radius 1 is 1.37 bits per heavy atom. The molecule has 2 rings (SSSR count). The predicted molar refractivity (Wildman–Crippen MR) is 75.7 cm³/mol. The number of nitrogens with zero attached hydrogens (tertiary/aromatic N) is 1. The van der Waals surface area contributed by atoms with Gasteiger partial charge in [0.05, 0.1) is 0 Å². The third-order valence-corrected chi connectivity index (χ3v) is 3.34. The summed E-state index contributed by atoms with van der Waals surface area (Å²) >= 11 is 0. The molecule has 0 fully saturated rings. The van der Waals surface area contributed by atoms with E-state index in [9.17, 15) is 0 Å². The van der Waals surface area contributed by atoms with Crippen molar-refractivity contribution >= 4 is 0 Å². The van der Waals surface area contributed by atoms with Gasteiger partial charge in [0, 0.05) is 6.54 Å². The Morgan fingerprint density at radius 2 is 2.32 bits per heavy atom. The van der Waals surface area contributed by atoms with Crippen LogP contribution < -0.4 is 10.1 Å². The van der Waals surface area contributed by atoms with Crippen LogP contribution in [0.1, 0.15) is 24.8 Å². The first-order chi connectivity index (χ1) is 9.38. The van der Waals surface area contributed by atoms with Gasteiger partial charge in [0.2, 0.25) is 0 Å². The van der Waals surface area contributed by atoms with Gasteiger partial charge in [0.15, 0.2) is 6.61 Å². The molecular formula is C16H20N2O. The van der Waals surface area contributed by atoms with Crippen LogP contribution >= 0.6 is 0 Å². The molecule has 0 saturated heterocycles. The molecule has 0 aliphatic heterocycles. The molecular weight excluding hydrogens is 236 g/mol. The molecule has 1 N–H and O–H groups in total. The number of ether oxygens (including phenoxy) is 1. The summed E-state index contributed by atoms with van der Waals surface area (Å²) in [4.78, 5) is 0. The van der Waals surface area contributed by atoms with Crippen LogP contribution in [0.15, 0.2) is 36.4 Å². The summed E-state index contributed by atoms with van der Waals surface area (Å²) in [5.74, 6) is 1.53.